The quantitative estimate of drug-likeness (QED) is 0.341. The third-order valence-electron chi connectivity index (χ3n) is 8.08. The van der Waals surface area contributed by atoms with Gasteiger partial charge in [-0.25, -0.2) is 0 Å². The van der Waals surface area contributed by atoms with E-state index in [1.807, 2.05) is 24.3 Å². The van der Waals surface area contributed by atoms with E-state index in [1.54, 1.807) is 0 Å². The summed E-state index contributed by atoms with van der Waals surface area (Å²) in [5.74, 6) is 2.46. The molecule has 0 spiro atoms. The fourth-order valence-electron chi connectivity index (χ4n) is 5.12. The van der Waals surface area contributed by atoms with Crippen molar-refractivity contribution in [2.24, 2.45) is 11.3 Å². The second-order valence-corrected chi connectivity index (χ2v) is 11.1. The molecule has 6 rings (SSSR count). The summed E-state index contributed by atoms with van der Waals surface area (Å²) in [6.45, 7) is 5.13. The normalized spacial score (nSPS) is 16.5. The lowest BCUT2D eigenvalue weighted by Crippen LogP contribution is -2.28. The molecule has 0 bridgehead atoms. The van der Waals surface area contributed by atoms with E-state index in [0.717, 1.165) is 53.9 Å². The molecule has 0 aromatic heterocycles. The van der Waals surface area contributed by atoms with E-state index >= 15 is 0 Å². The molecule has 39 heavy (non-hydrogen) atoms. The molecule has 1 amide bonds. The largest absolute Gasteiger partial charge is 0.454 e. The number of nitrogens with one attached hydrogen (secondary N) is 1. The lowest BCUT2D eigenvalue weighted by atomic mass is 9.92. The molecule has 3 aromatic carbocycles. The highest BCUT2D eigenvalue weighted by atomic mass is 16.7. The van der Waals surface area contributed by atoms with Crippen LogP contribution in [0.4, 0.5) is 0 Å². The molecule has 1 heterocycles. The molecule has 3 aliphatic rings. The fourth-order valence-corrected chi connectivity index (χ4v) is 5.12. The molecule has 0 unspecified atom stereocenters. The van der Waals surface area contributed by atoms with Crippen LogP contribution in [0, 0.1) is 18.3 Å². The number of fused-ring (bicyclic) bond motifs is 1. The molecule has 3 aromatic rings. The topological polar surface area (TPSA) is 64.6 Å². The van der Waals surface area contributed by atoms with Crippen LogP contribution >= 0.6 is 0 Å². The Kier molecular flexibility index (Phi) is 9.11. The minimum absolute atomic E-state index is 0. The molecule has 2 fully saturated rings. The second kappa shape index (κ2) is 12.5. The second-order valence-electron chi connectivity index (χ2n) is 11.1. The Morgan fingerprint density at radius 1 is 0.923 bits per heavy atom. The number of Topliss-reactive ketones (excluding diaryl/α,β-unsaturated/α-hetero) is 1. The van der Waals surface area contributed by atoms with Crippen molar-refractivity contribution in [2.75, 3.05) is 6.79 Å². The predicted octanol–water partition coefficient (Wildman–Crippen LogP) is 7.68. The smallest absolute Gasteiger partial charge is 0.231 e. The number of carbonyl (C=O) groups excluding carboxylic acids is 2. The Labute approximate surface area is 234 Å². The van der Waals surface area contributed by atoms with Gasteiger partial charge in [0, 0.05) is 25.7 Å². The van der Waals surface area contributed by atoms with Crippen LogP contribution in [0.15, 0.2) is 66.7 Å². The molecule has 1 N–H and O–H groups in total. The average molecular weight is 530 g/mol. The first-order valence-electron chi connectivity index (χ1n) is 13.8. The Morgan fingerprint density at radius 3 is 2.15 bits per heavy atom. The predicted molar refractivity (Wildman–Crippen MR) is 158 cm³/mol. The summed E-state index contributed by atoms with van der Waals surface area (Å²) in [5.41, 5.74) is 5.68. The number of rotatable bonds is 7. The van der Waals surface area contributed by atoms with Gasteiger partial charge in [0.25, 0.3) is 0 Å². The first-order chi connectivity index (χ1) is 18.4. The summed E-state index contributed by atoms with van der Waals surface area (Å²) in [4.78, 5) is 24.7. The van der Waals surface area contributed by atoms with Crippen molar-refractivity contribution >= 4 is 11.7 Å². The molecular formula is C34H43NO4. The summed E-state index contributed by atoms with van der Waals surface area (Å²) in [6, 6.07) is 22.4. The zero-order valence-electron chi connectivity index (χ0n) is 22.4. The first kappa shape index (κ1) is 28.4. The maximum Gasteiger partial charge on any atom is 0.231 e. The van der Waals surface area contributed by atoms with Gasteiger partial charge in [0.15, 0.2) is 11.5 Å². The SMILES string of the molecule is C.Cc1ccc(CC(=O)C2(C)CC2)cc1-c1ccc(CNC(=O)C2CCCC2)cc1.[HH].c1ccc2c(c1)OCO2. The van der Waals surface area contributed by atoms with Crippen molar-refractivity contribution in [1.29, 1.82) is 0 Å². The van der Waals surface area contributed by atoms with E-state index in [9.17, 15) is 9.59 Å². The lowest BCUT2D eigenvalue weighted by Gasteiger charge is -2.13. The number of ketones is 1. The summed E-state index contributed by atoms with van der Waals surface area (Å²) in [7, 11) is 0. The van der Waals surface area contributed by atoms with E-state index in [1.165, 1.54) is 24.0 Å². The summed E-state index contributed by atoms with van der Waals surface area (Å²) < 4.78 is 10.2. The Balaban J connectivity index is 0.000000339. The number of hydrogen-bond donors (Lipinski definition) is 1. The number of aryl methyl sites for hydroxylation is 1. The zero-order valence-corrected chi connectivity index (χ0v) is 22.4. The highest BCUT2D eigenvalue weighted by Crippen LogP contribution is 2.46. The number of carbonyl (C=O) groups is 2. The van der Waals surface area contributed by atoms with Crippen molar-refractivity contribution in [3.8, 4) is 22.6 Å². The molecular weight excluding hydrogens is 486 g/mol. The van der Waals surface area contributed by atoms with Crippen LogP contribution < -0.4 is 14.8 Å². The van der Waals surface area contributed by atoms with Crippen molar-refractivity contribution in [3.05, 3.63) is 83.4 Å². The number of benzene rings is 3. The van der Waals surface area contributed by atoms with Gasteiger partial charge in [-0.15, -0.1) is 0 Å². The van der Waals surface area contributed by atoms with Crippen molar-refractivity contribution in [3.63, 3.8) is 0 Å². The van der Waals surface area contributed by atoms with Crippen LogP contribution in [0.3, 0.4) is 0 Å². The number of amides is 1. The van der Waals surface area contributed by atoms with Crippen LogP contribution in [-0.2, 0) is 22.6 Å². The van der Waals surface area contributed by atoms with Gasteiger partial charge in [-0.05, 0) is 72.6 Å². The van der Waals surface area contributed by atoms with Crippen LogP contribution in [0.5, 0.6) is 11.5 Å². The monoisotopic (exact) mass is 529 g/mol. The minimum atomic E-state index is -0.0738. The van der Waals surface area contributed by atoms with Crippen LogP contribution in [-0.4, -0.2) is 18.5 Å². The third kappa shape index (κ3) is 7.08. The van der Waals surface area contributed by atoms with Gasteiger partial charge in [0.1, 0.15) is 5.78 Å². The fraction of sp³-hybridized carbons (Fsp3) is 0.412. The highest BCUT2D eigenvalue weighted by Gasteiger charge is 2.43. The number of ether oxygens (including phenoxy) is 2. The molecule has 1 aliphatic heterocycles. The summed E-state index contributed by atoms with van der Waals surface area (Å²) >= 11 is 0. The third-order valence-corrected chi connectivity index (χ3v) is 8.08. The number of para-hydroxylation sites is 2. The van der Waals surface area contributed by atoms with Gasteiger partial charge in [0.2, 0.25) is 12.7 Å². The molecule has 0 saturated heterocycles. The van der Waals surface area contributed by atoms with Crippen LogP contribution in [0.25, 0.3) is 11.1 Å². The summed E-state index contributed by atoms with van der Waals surface area (Å²) in [6.07, 6.45) is 7.00. The maximum atomic E-state index is 12.5. The zero-order chi connectivity index (χ0) is 26.5. The van der Waals surface area contributed by atoms with Gasteiger partial charge < -0.3 is 14.8 Å². The molecule has 0 atom stereocenters. The average Bonchev–Trinajstić information content (AvgIpc) is 3.31. The number of hydrogen-bond acceptors (Lipinski definition) is 4. The Morgan fingerprint density at radius 2 is 1.54 bits per heavy atom. The van der Waals surface area contributed by atoms with Crippen molar-refractivity contribution < 1.29 is 20.5 Å². The van der Waals surface area contributed by atoms with E-state index < -0.39 is 0 Å². The Hall–Kier alpha value is -3.60. The van der Waals surface area contributed by atoms with E-state index in [0.29, 0.717) is 25.5 Å². The van der Waals surface area contributed by atoms with E-state index in [4.69, 9.17) is 9.47 Å². The van der Waals surface area contributed by atoms with E-state index in [2.05, 4.69) is 61.6 Å². The van der Waals surface area contributed by atoms with Gasteiger partial charge in [-0.1, -0.05) is 81.8 Å². The molecule has 0 radical (unpaired) electrons. The van der Waals surface area contributed by atoms with Gasteiger partial charge in [-0.3, -0.25) is 9.59 Å². The minimum Gasteiger partial charge on any atom is -0.454 e. The van der Waals surface area contributed by atoms with Crippen LogP contribution in [0.2, 0.25) is 0 Å². The standard InChI is InChI=1S/C26H31NO2.C7H6O2.CH4.H2/c1-18-7-8-20(16-24(28)26(2)13-14-26)15-23(18)21-11-9-19(10-12-21)17-27-25(29)22-5-3-4-6-22;1-2-4-7-6(3-1)8-5-9-7;;/h7-12,15,22H,3-6,13-14,16-17H2,1-2H3,(H,27,29);1-4H,5H2;1H4;1H. The highest BCUT2D eigenvalue weighted by molar-refractivity contribution is 5.89. The molecule has 2 aliphatic carbocycles. The first-order valence-corrected chi connectivity index (χ1v) is 13.8. The van der Waals surface area contributed by atoms with Gasteiger partial charge in [-0.2, -0.15) is 0 Å². The van der Waals surface area contributed by atoms with Crippen molar-refractivity contribution in [2.45, 2.75) is 72.8 Å². The Bertz CT molecular complexity index is 1270. The summed E-state index contributed by atoms with van der Waals surface area (Å²) in [5, 5.41) is 3.09. The van der Waals surface area contributed by atoms with Crippen molar-refractivity contribution in [1.82, 2.24) is 5.32 Å². The van der Waals surface area contributed by atoms with Crippen LogP contribution in [0.1, 0.15) is 71.0 Å². The molecule has 5 nitrogen and oxygen atoms in total. The molecule has 5 heteroatoms. The van der Waals surface area contributed by atoms with E-state index in [-0.39, 0.29) is 26.1 Å². The maximum absolute atomic E-state index is 12.5. The molecule has 2 saturated carbocycles. The molecule has 208 valence electrons. The van der Waals surface area contributed by atoms with Gasteiger partial charge in [0.05, 0.1) is 0 Å². The lowest BCUT2D eigenvalue weighted by molar-refractivity contribution is -0.125. The van der Waals surface area contributed by atoms with Gasteiger partial charge >= 0.3 is 0 Å².